The van der Waals surface area contributed by atoms with Crippen LogP contribution >= 0.6 is 11.6 Å². The summed E-state index contributed by atoms with van der Waals surface area (Å²) in [5.74, 6) is 1.46. The SMILES string of the molecule is CCCCCCCCCCCCN1CCC(CCCl)C(C)(C)C1=O. The van der Waals surface area contributed by atoms with E-state index >= 15 is 0 Å². The van der Waals surface area contributed by atoms with Crippen LogP contribution in [0.1, 0.15) is 97.8 Å². The molecule has 24 heavy (non-hydrogen) atoms. The number of rotatable bonds is 13. The van der Waals surface area contributed by atoms with E-state index in [2.05, 4.69) is 25.7 Å². The molecule has 0 aromatic heterocycles. The molecule has 3 heteroatoms. The van der Waals surface area contributed by atoms with Crippen LogP contribution < -0.4 is 0 Å². The molecular weight excluding hydrogens is 318 g/mol. The normalized spacial score (nSPS) is 20.6. The molecule has 142 valence electrons. The Balaban J connectivity index is 2.10. The van der Waals surface area contributed by atoms with Crippen LogP contribution in [0.15, 0.2) is 0 Å². The Kier molecular flexibility index (Phi) is 11.1. The average molecular weight is 358 g/mol. The van der Waals surface area contributed by atoms with Crippen molar-refractivity contribution < 1.29 is 4.79 Å². The number of carbonyl (C=O) groups excluding carboxylic acids is 1. The summed E-state index contributed by atoms with van der Waals surface area (Å²) in [6, 6.07) is 0. The van der Waals surface area contributed by atoms with Crippen molar-refractivity contribution in [3.05, 3.63) is 0 Å². The summed E-state index contributed by atoms with van der Waals surface area (Å²) in [6.45, 7) is 8.37. The monoisotopic (exact) mass is 357 g/mol. The zero-order chi connectivity index (χ0) is 17.8. The number of amides is 1. The van der Waals surface area contributed by atoms with Crippen LogP contribution in [0, 0.1) is 11.3 Å². The molecule has 1 amide bonds. The fourth-order valence-corrected chi connectivity index (χ4v) is 4.26. The maximum absolute atomic E-state index is 12.7. The van der Waals surface area contributed by atoms with Crippen LogP contribution in [-0.2, 0) is 4.79 Å². The van der Waals surface area contributed by atoms with Crippen molar-refractivity contribution in [2.45, 2.75) is 97.8 Å². The van der Waals surface area contributed by atoms with Crippen molar-refractivity contribution in [3.63, 3.8) is 0 Å². The Morgan fingerprint density at radius 1 is 1.00 bits per heavy atom. The molecule has 1 fully saturated rings. The molecule has 0 radical (unpaired) electrons. The number of halogens is 1. The molecule has 1 heterocycles. The van der Waals surface area contributed by atoms with E-state index in [1.807, 2.05) is 0 Å². The molecule has 1 saturated heterocycles. The highest BCUT2D eigenvalue weighted by Crippen LogP contribution is 2.38. The Bertz CT molecular complexity index is 343. The Labute approximate surface area is 155 Å². The zero-order valence-corrected chi connectivity index (χ0v) is 17.2. The summed E-state index contributed by atoms with van der Waals surface area (Å²) in [7, 11) is 0. The van der Waals surface area contributed by atoms with E-state index in [1.54, 1.807) is 0 Å². The highest BCUT2D eigenvalue weighted by Gasteiger charge is 2.42. The highest BCUT2D eigenvalue weighted by molar-refractivity contribution is 6.17. The first-order valence-electron chi connectivity index (χ1n) is 10.4. The molecule has 0 aromatic rings. The molecule has 0 aliphatic carbocycles. The van der Waals surface area contributed by atoms with Crippen molar-refractivity contribution in [3.8, 4) is 0 Å². The van der Waals surface area contributed by atoms with Gasteiger partial charge in [0, 0.05) is 24.4 Å². The smallest absolute Gasteiger partial charge is 0.228 e. The van der Waals surface area contributed by atoms with Gasteiger partial charge < -0.3 is 4.90 Å². The van der Waals surface area contributed by atoms with Gasteiger partial charge in [0.05, 0.1) is 0 Å². The molecule has 0 bridgehead atoms. The van der Waals surface area contributed by atoms with Crippen LogP contribution in [0.4, 0.5) is 0 Å². The van der Waals surface area contributed by atoms with Gasteiger partial charge in [0.25, 0.3) is 0 Å². The lowest BCUT2D eigenvalue weighted by Crippen LogP contribution is -2.51. The molecule has 1 unspecified atom stereocenters. The molecule has 1 aliphatic heterocycles. The second-order valence-corrected chi connectivity index (χ2v) is 8.54. The predicted molar refractivity (Wildman–Crippen MR) is 106 cm³/mol. The van der Waals surface area contributed by atoms with Crippen molar-refractivity contribution in [1.29, 1.82) is 0 Å². The summed E-state index contributed by atoms with van der Waals surface area (Å²) in [5, 5.41) is 0. The lowest BCUT2D eigenvalue weighted by Gasteiger charge is -2.43. The lowest BCUT2D eigenvalue weighted by molar-refractivity contribution is -0.148. The molecule has 2 nitrogen and oxygen atoms in total. The molecule has 1 atom stereocenters. The first-order chi connectivity index (χ1) is 11.5. The first-order valence-corrected chi connectivity index (χ1v) is 10.9. The number of hydrogen-bond acceptors (Lipinski definition) is 1. The van der Waals surface area contributed by atoms with Gasteiger partial charge in [-0.1, -0.05) is 78.6 Å². The van der Waals surface area contributed by atoms with Crippen LogP contribution in [-0.4, -0.2) is 29.8 Å². The molecule has 1 aliphatic rings. The first kappa shape index (κ1) is 21.8. The van der Waals surface area contributed by atoms with E-state index in [0.29, 0.717) is 17.7 Å². The standard InChI is InChI=1S/C21H40ClNO/c1-4-5-6-7-8-9-10-11-12-13-17-23-18-15-19(14-16-22)21(2,3)20(23)24/h19H,4-18H2,1-3H3. The summed E-state index contributed by atoms with van der Waals surface area (Å²) < 4.78 is 0. The molecule has 0 N–H and O–H groups in total. The van der Waals surface area contributed by atoms with E-state index in [1.165, 1.54) is 57.8 Å². The predicted octanol–water partition coefficient (Wildman–Crippen LogP) is 6.41. The summed E-state index contributed by atoms with van der Waals surface area (Å²) >= 11 is 5.90. The van der Waals surface area contributed by atoms with Gasteiger partial charge in [-0.2, -0.15) is 0 Å². The van der Waals surface area contributed by atoms with Gasteiger partial charge >= 0.3 is 0 Å². The fourth-order valence-electron chi connectivity index (χ4n) is 4.00. The Morgan fingerprint density at radius 3 is 2.08 bits per heavy atom. The van der Waals surface area contributed by atoms with E-state index in [4.69, 9.17) is 11.6 Å². The van der Waals surface area contributed by atoms with Gasteiger partial charge in [0.1, 0.15) is 0 Å². The van der Waals surface area contributed by atoms with Crippen LogP contribution in [0.5, 0.6) is 0 Å². The number of alkyl halides is 1. The van der Waals surface area contributed by atoms with Gasteiger partial charge in [0.2, 0.25) is 5.91 Å². The van der Waals surface area contributed by atoms with E-state index < -0.39 is 0 Å². The number of piperidine rings is 1. The number of hydrogen-bond donors (Lipinski definition) is 0. The van der Waals surface area contributed by atoms with Gasteiger partial charge in [0.15, 0.2) is 0 Å². The zero-order valence-electron chi connectivity index (χ0n) is 16.4. The molecule has 0 aromatic carbocycles. The third-order valence-electron chi connectivity index (χ3n) is 5.85. The number of likely N-dealkylation sites (tertiary alicyclic amines) is 1. The van der Waals surface area contributed by atoms with Crippen LogP contribution in [0.2, 0.25) is 0 Å². The van der Waals surface area contributed by atoms with Crippen LogP contribution in [0.25, 0.3) is 0 Å². The third-order valence-corrected chi connectivity index (χ3v) is 6.06. The van der Waals surface area contributed by atoms with E-state index in [-0.39, 0.29) is 5.41 Å². The molecular formula is C21H40ClNO. The second-order valence-electron chi connectivity index (χ2n) is 8.16. The Morgan fingerprint density at radius 2 is 1.54 bits per heavy atom. The van der Waals surface area contributed by atoms with Gasteiger partial charge in [-0.25, -0.2) is 0 Å². The topological polar surface area (TPSA) is 20.3 Å². The third kappa shape index (κ3) is 7.33. The Hall–Kier alpha value is -0.240. The summed E-state index contributed by atoms with van der Waals surface area (Å²) in [6.07, 6.45) is 15.5. The van der Waals surface area contributed by atoms with Gasteiger partial charge in [-0.15, -0.1) is 11.6 Å². The maximum Gasteiger partial charge on any atom is 0.228 e. The minimum atomic E-state index is -0.231. The summed E-state index contributed by atoms with van der Waals surface area (Å²) in [5.41, 5.74) is -0.231. The van der Waals surface area contributed by atoms with Crippen molar-refractivity contribution in [2.24, 2.45) is 11.3 Å². The molecule has 1 rings (SSSR count). The fraction of sp³-hybridized carbons (Fsp3) is 0.952. The van der Waals surface area contributed by atoms with Crippen molar-refractivity contribution >= 4 is 17.5 Å². The molecule has 0 spiro atoms. The highest BCUT2D eigenvalue weighted by atomic mass is 35.5. The average Bonchev–Trinajstić information content (AvgIpc) is 2.56. The molecule has 0 saturated carbocycles. The largest absolute Gasteiger partial charge is 0.342 e. The van der Waals surface area contributed by atoms with Gasteiger partial charge in [-0.3, -0.25) is 4.79 Å². The van der Waals surface area contributed by atoms with E-state index in [9.17, 15) is 4.79 Å². The van der Waals surface area contributed by atoms with Crippen molar-refractivity contribution in [1.82, 2.24) is 4.90 Å². The minimum absolute atomic E-state index is 0.231. The van der Waals surface area contributed by atoms with Gasteiger partial charge in [-0.05, 0) is 25.2 Å². The second kappa shape index (κ2) is 12.2. The van der Waals surface area contributed by atoms with E-state index in [0.717, 1.165) is 32.4 Å². The number of carbonyl (C=O) groups is 1. The summed E-state index contributed by atoms with van der Waals surface area (Å²) in [4.78, 5) is 14.8. The maximum atomic E-state index is 12.7. The minimum Gasteiger partial charge on any atom is -0.342 e. The van der Waals surface area contributed by atoms with Crippen LogP contribution in [0.3, 0.4) is 0 Å². The number of nitrogens with zero attached hydrogens (tertiary/aromatic N) is 1. The lowest BCUT2D eigenvalue weighted by atomic mass is 9.72. The number of unbranched alkanes of at least 4 members (excludes halogenated alkanes) is 9. The van der Waals surface area contributed by atoms with Crippen molar-refractivity contribution in [2.75, 3.05) is 19.0 Å². The quantitative estimate of drug-likeness (QED) is 0.275.